The minimum Gasteiger partial charge on any atom is -0.550 e. The van der Waals surface area contributed by atoms with E-state index in [9.17, 15) is 9.90 Å². The van der Waals surface area contributed by atoms with E-state index in [-0.39, 0.29) is 6.42 Å². The SMILES string of the molecule is CCC1(CC(=O)[O-])OCCS1. The molecule has 0 saturated carbocycles. The number of ether oxygens (including phenoxy) is 1. The molecule has 3 nitrogen and oxygen atoms in total. The van der Waals surface area contributed by atoms with Crippen molar-refractivity contribution in [2.45, 2.75) is 24.7 Å². The van der Waals surface area contributed by atoms with Gasteiger partial charge in [0.25, 0.3) is 0 Å². The zero-order valence-electron chi connectivity index (χ0n) is 6.46. The van der Waals surface area contributed by atoms with Gasteiger partial charge in [-0.2, -0.15) is 0 Å². The van der Waals surface area contributed by atoms with Crippen LogP contribution in [0.2, 0.25) is 0 Å². The van der Waals surface area contributed by atoms with Gasteiger partial charge in [0.2, 0.25) is 0 Å². The van der Waals surface area contributed by atoms with Gasteiger partial charge in [0, 0.05) is 18.1 Å². The minimum atomic E-state index is -1.03. The molecule has 1 aliphatic heterocycles. The molecule has 0 aromatic heterocycles. The van der Waals surface area contributed by atoms with Gasteiger partial charge in [0.1, 0.15) is 4.93 Å². The summed E-state index contributed by atoms with van der Waals surface area (Å²) in [6, 6.07) is 0. The molecule has 0 amide bonds. The quantitative estimate of drug-likeness (QED) is 0.605. The van der Waals surface area contributed by atoms with Crippen LogP contribution in [0.5, 0.6) is 0 Å². The van der Waals surface area contributed by atoms with Crippen LogP contribution in [0.4, 0.5) is 0 Å². The molecule has 1 aliphatic rings. The molecule has 0 bridgehead atoms. The third-order valence-corrected chi connectivity index (χ3v) is 3.21. The molecule has 0 aliphatic carbocycles. The molecule has 1 unspecified atom stereocenters. The van der Waals surface area contributed by atoms with Crippen LogP contribution in [0.1, 0.15) is 19.8 Å². The number of carboxylic acid groups (broad SMARTS) is 1. The van der Waals surface area contributed by atoms with Crippen molar-refractivity contribution < 1.29 is 14.6 Å². The number of carbonyl (C=O) groups excluding carboxylic acids is 1. The summed E-state index contributed by atoms with van der Waals surface area (Å²) in [5, 5.41) is 10.3. The van der Waals surface area contributed by atoms with Crippen molar-refractivity contribution >= 4 is 17.7 Å². The smallest absolute Gasteiger partial charge is 0.118 e. The minimum absolute atomic E-state index is 0.00810. The number of aliphatic carboxylic acids is 1. The third-order valence-electron chi connectivity index (χ3n) is 1.77. The summed E-state index contributed by atoms with van der Waals surface area (Å²) in [6.07, 6.45) is 0.736. The van der Waals surface area contributed by atoms with Crippen LogP contribution < -0.4 is 5.11 Å². The van der Waals surface area contributed by atoms with Gasteiger partial charge in [-0.1, -0.05) is 6.92 Å². The molecule has 11 heavy (non-hydrogen) atoms. The highest BCUT2D eigenvalue weighted by molar-refractivity contribution is 8.00. The molecule has 0 aromatic rings. The largest absolute Gasteiger partial charge is 0.550 e. The van der Waals surface area contributed by atoms with Crippen molar-refractivity contribution in [1.82, 2.24) is 0 Å². The van der Waals surface area contributed by atoms with E-state index in [1.165, 1.54) is 0 Å². The summed E-state index contributed by atoms with van der Waals surface area (Å²) in [4.78, 5) is 9.83. The molecule has 1 atom stereocenters. The van der Waals surface area contributed by atoms with E-state index < -0.39 is 10.9 Å². The summed E-state index contributed by atoms with van der Waals surface area (Å²) < 4.78 is 5.34. The number of thioether (sulfide) groups is 1. The molecular formula is C7H11O3S-. The Morgan fingerprint density at radius 3 is 2.91 bits per heavy atom. The standard InChI is InChI=1S/C7H12O3S/c1-2-7(5-6(8)9)10-3-4-11-7/h2-5H2,1H3,(H,8,9)/p-1. The molecular weight excluding hydrogens is 164 g/mol. The first-order chi connectivity index (χ1) is 5.18. The van der Waals surface area contributed by atoms with Crippen LogP contribution >= 0.6 is 11.8 Å². The number of hydrogen-bond acceptors (Lipinski definition) is 4. The van der Waals surface area contributed by atoms with E-state index in [0.717, 1.165) is 12.2 Å². The molecule has 1 rings (SSSR count). The van der Waals surface area contributed by atoms with Crippen LogP contribution in [0.15, 0.2) is 0 Å². The lowest BCUT2D eigenvalue weighted by atomic mass is 10.2. The van der Waals surface area contributed by atoms with E-state index in [1.807, 2.05) is 6.92 Å². The summed E-state index contributed by atoms with van der Waals surface area (Å²) in [5.41, 5.74) is 0. The zero-order chi connectivity index (χ0) is 8.32. The highest BCUT2D eigenvalue weighted by Crippen LogP contribution is 2.38. The molecule has 1 fully saturated rings. The Hall–Kier alpha value is -0.220. The second-order valence-electron chi connectivity index (χ2n) is 2.51. The zero-order valence-corrected chi connectivity index (χ0v) is 7.28. The van der Waals surface area contributed by atoms with Gasteiger partial charge in [-0.25, -0.2) is 0 Å². The molecule has 0 aromatic carbocycles. The molecule has 0 spiro atoms. The van der Waals surface area contributed by atoms with E-state index in [4.69, 9.17) is 4.74 Å². The number of carbonyl (C=O) groups is 1. The third kappa shape index (κ3) is 2.10. The topological polar surface area (TPSA) is 49.4 Å². The van der Waals surface area contributed by atoms with Crippen LogP contribution in [0, 0.1) is 0 Å². The summed E-state index contributed by atoms with van der Waals surface area (Å²) >= 11 is 1.58. The maximum absolute atomic E-state index is 10.3. The Bertz CT molecular complexity index is 152. The van der Waals surface area contributed by atoms with Crippen molar-refractivity contribution in [3.63, 3.8) is 0 Å². The monoisotopic (exact) mass is 175 g/mol. The van der Waals surface area contributed by atoms with E-state index in [1.54, 1.807) is 11.8 Å². The normalized spacial score (nSPS) is 30.6. The van der Waals surface area contributed by atoms with Gasteiger partial charge in [0.05, 0.1) is 6.61 Å². The molecule has 0 N–H and O–H groups in total. The highest BCUT2D eigenvalue weighted by atomic mass is 32.2. The number of carboxylic acids is 1. The molecule has 1 saturated heterocycles. The molecule has 0 radical (unpaired) electrons. The number of rotatable bonds is 3. The van der Waals surface area contributed by atoms with Gasteiger partial charge >= 0.3 is 0 Å². The lowest BCUT2D eigenvalue weighted by Crippen LogP contribution is -2.34. The van der Waals surface area contributed by atoms with Crippen molar-refractivity contribution in [3.05, 3.63) is 0 Å². The average molecular weight is 175 g/mol. The summed E-state index contributed by atoms with van der Waals surface area (Å²) in [7, 11) is 0. The van der Waals surface area contributed by atoms with Crippen LogP contribution in [0.25, 0.3) is 0 Å². The van der Waals surface area contributed by atoms with E-state index in [2.05, 4.69) is 0 Å². The van der Waals surface area contributed by atoms with Crippen molar-refractivity contribution in [2.75, 3.05) is 12.4 Å². The van der Waals surface area contributed by atoms with Crippen LogP contribution in [-0.4, -0.2) is 23.3 Å². The van der Waals surface area contributed by atoms with E-state index in [0.29, 0.717) is 6.61 Å². The van der Waals surface area contributed by atoms with Crippen molar-refractivity contribution in [1.29, 1.82) is 0 Å². The first kappa shape index (κ1) is 8.87. The predicted molar refractivity (Wildman–Crippen MR) is 41.1 cm³/mol. The highest BCUT2D eigenvalue weighted by Gasteiger charge is 2.33. The molecule has 64 valence electrons. The lowest BCUT2D eigenvalue weighted by molar-refractivity contribution is -0.308. The van der Waals surface area contributed by atoms with Gasteiger partial charge < -0.3 is 14.6 Å². The van der Waals surface area contributed by atoms with Crippen LogP contribution in [-0.2, 0) is 9.53 Å². The number of hydrogen-bond donors (Lipinski definition) is 0. The Kier molecular flexibility index (Phi) is 2.78. The maximum atomic E-state index is 10.3. The first-order valence-corrected chi connectivity index (χ1v) is 4.65. The van der Waals surface area contributed by atoms with Gasteiger partial charge in [-0.15, -0.1) is 11.8 Å². The van der Waals surface area contributed by atoms with Crippen molar-refractivity contribution in [2.24, 2.45) is 0 Å². The molecule has 1 heterocycles. The Morgan fingerprint density at radius 1 is 1.82 bits per heavy atom. The van der Waals surface area contributed by atoms with Gasteiger partial charge in [-0.05, 0) is 6.42 Å². The molecule has 4 heteroatoms. The average Bonchev–Trinajstić information content (AvgIpc) is 2.36. The Balaban J connectivity index is 2.52. The second-order valence-corrected chi connectivity index (χ2v) is 3.95. The van der Waals surface area contributed by atoms with Crippen molar-refractivity contribution in [3.8, 4) is 0 Å². The van der Waals surface area contributed by atoms with Crippen LogP contribution in [0.3, 0.4) is 0 Å². The maximum Gasteiger partial charge on any atom is 0.118 e. The fourth-order valence-corrected chi connectivity index (χ4v) is 2.28. The first-order valence-electron chi connectivity index (χ1n) is 3.66. The predicted octanol–water partition coefficient (Wildman–Crippen LogP) is -0.00390. The Labute approximate surface area is 70.1 Å². The lowest BCUT2D eigenvalue weighted by Gasteiger charge is -2.25. The van der Waals surface area contributed by atoms with E-state index >= 15 is 0 Å². The fourth-order valence-electron chi connectivity index (χ4n) is 1.15. The van der Waals surface area contributed by atoms with Gasteiger partial charge in [-0.3, -0.25) is 0 Å². The second kappa shape index (κ2) is 3.45. The Morgan fingerprint density at radius 2 is 2.55 bits per heavy atom. The summed E-state index contributed by atoms with van der Waals surface area (Å²) in [6.45, 7) is 2.59. The summed E-state index contributed by atoms with van der Waals surface area (Å²) in [5.74, 6) is -0.137. The van der Waals surface area contributed by atoms with Gasteiger partial charge in [0.15, 0.2) is 0 Å². The fraction of sp³-hybridized carbons (Fsp3) is 0.857.